The van der Waals surface area contributed by atoms with Crippen LogP contribution in [0.4, 0.5) is 13.2 Å². The first kappa shape index (κ1) is 24.5. The summed E-state index contributed by atoms with van der Waals surface area (Å²) >= 11 is 0. The lowest BCUT2D eigenvalue weighted by Gasteiger charge is -2.21. The van der Waals surface area contributed by atoms with Crippen LogP contribution in [0, 0.1) is 0 Å². The van der Waals surface area contributed by atoms with Crippen molar-refractivity contribution in [2.75, 3.05) is 12.3 Å². The zero-order chi connectivity index (χ0) is 24.9. The average molecular weight is 521 g/mol. The van der Waals surface area contributed by atoms with Crippen LogP contribution in [0.15, 0.2) is 40.1 Å². The van der Waals surface area contributed by atoms with Crippen molar-refractivity contribution in [1.29, 1.82) is 0 Å². The lowest BCUT2D eigenvalue weighted by Crippen LogP contribution is -2.33. The van der Waals surface area contributed by atoms with E-state index in [4.69, 9.17) is 10.9 Å². The molecule has 184 valence electrons. The van der Waals surface area contributed by atoms with Gasteiger partial charge in [0.05, 0.1) is 21.7 Å². The van der Waals surface area contributed by atoms with E-state index in [2.05, 4.69) is 31.9 Å². The number of nitrogens with two attached hydrogens (primary N) is 2. The number of aromatic nitrogens is 2. The monoisotopic (exact) mass is 520 g/mol. The quantitative estimate of drug-likeness (QED) is 0.227. The third kappa shape index (κ3) is 4.39. The Morgan fingerprint density at radius 1 is 1.00 bits per heavy atom. The molecule has 9 N–H and O–H groups in total. The minimum atomic E-state index is -4.76. The van der Waals surface area contributed by atoms with Crippen LogP contribution in [0.3, 0.4) is 0 Å². The molecule has 3 aromatic rings. The number of sulfone groups is 1. The molecule has 34 heavy (non-hydrogen) atoms. The number of imidazole rings is 1. The maximum Gasteiger partial charge on any atom is 0.449 e. The molecule has 2 aromatic carbocycles. The van der Waals surface area contributed by atoms with Crippen LogP contribution in [-0.4, -0.2) is 39.1 Å². The molecule has 0 aliphatic carbocycles. The number of hydrazine groups is 3. The molecule has 0 bridgehead atoms. The first-order chi connectivity index (χ1) is 15.8. The van der Waals surface area contributed by atoms with Crippen molar-refractivity contribution >= 4 is 30.9 Å². The Morgan fingerprint density at radius 3 is 2.26 bits per heavy atom. The molecule has 0 amide bonds. The summed E-state index contributed by atoms with van der Waals surface area (Å²) in [6, 6.07) is 6.57. The number of benzene rings is 2. The smallest absolute Gasteiger partial charge is 0.334 e. The predicted molar refractivity (Wildman–Crippen MR) is 114 cm³/mol. The van der Waals surface area contributed by atoms with Gasteiger partial charge in [-0.25, -0.2) is 37.8 Å². The predicted octanol–water partition coefficient (Wildman–Crippen LogP) is -0.256. The Bertz CT molecular complexity index is 1470. The number of hydrogen-bond acceptors (Lipinski definition) is 10. The number of halogens is 3. The molecule has 17 heteroatoms. The second kappa shape index (κ2) is 8.54. The van der Waals surface area contributed by atoms with Gasteiger partial charge in [-0.3, -0.25) is 0 Å². The van der Waals surface area contributed by atoms with Gasteiger partial charge in [-0.2, -0.15) is 24.2 Å². The maximum absolute atomic E-state index is 13.3. The topological polar surface area (TPSA) is 197 Å². The summed E-state index contributed by atoms with van der Waals surface area (Å²) in [5, 5.41) is 5.45. The van der Waals surface area contributed by atoms with Crippen LogP contribution in [0.25, 0.3) is 22.2 Å². The van der Waals surface area contributed by atoms with Gasteiger partial charge in [0.2, 0.25) is 15.8 Å². The van der Waals surface area contributed by atoms with Crippen LogP contribution in [0.5, 0.6) is 0 Å². The third-order valence-electron chi connectivity index (χ3n) is 5.02. The summed E-state index contributed by atoms with van der Waals surface area (Å²) in [6.07, 6.45) is -5.82. The zero-order valence-electron chi connectivity index (χ0n) is 17.1. The highest BCUT2D eigenvalue weighted by Crippen LogP contribution is 2.40. The molecule has 1 fully saturated rings. The number of hydrogen-bond donors (Lipinski definition) is 7. The fourth-order valence-electron chi connectivity index (χ4n) is 3.69. The molecule has 1 saturated heterocycles. The number of primary sulfonamides is 1. The number of sulfonamides is 1. The molecule has 0 spiro atoms. The molecule has 12 nitrogen and oxygen atoms in total. The molecule has 1 aliphatic rings. The number of nitrogens with zero attached hydrogens (tertiary/aromatic N) is 1. The van der Waals surface area contributed by atoms with Crippen molar-refractivity contribution in [2.45, 2.75) is 22.1 Å². The summed E-state index contributed by atoms with van der Waals surface area (Å²) in [4.78, 5) is 4.53. The van der Waals surface area contributed by atoms with Gasteiger partial charge in [-0.15, -0.1) is 0 Å². The van der Waals surface area contributed by atoms with E-state index in [1.807, 2.05) is 0 Å². The van der Waals surface area contributed by atoms with Gasteiger partial charge in [0.15, 0.2) is 9.84 Å². The highest BCUT2D eigenvalue weighted by atomic mass is 32.2. The van der Waals surface area contributed by atoms with Gasteiger partial charge in [0.1, 0.15) is 11.1 Å². The van der Waals surface area contributed by atoms with E-state index in [-0.39, 0.29) is 34.3 Å². The van der Waals surface area contributed by atoms with Gasteiger partial charge in [0.25, 0.3) is 0 Å². The molecule has 4 rings (SSSR count). The molecule has 1 aliphatic heterocycles. The molecule has 0 saturated carbocycles. The van der Waals surface area contributed by atoms with Crippen molar-refractivity contribution in [1.82, 2.24) is 31.9 Å². The van der Waals surface area contributed by atoms with Gasteiger partial charge in [-0.05, 0) is 17.7 Å². The first-order valence-electron chi connectivity index (χ1n) is 9.54. The number of fused-ring (bicyclic) bond motifs is 1. The van der Waals surface area contributed by atoms with E-state index < -0.39 is 53.6 Å². The molecule has 0 radical (unpaired) electrons. The van der Waals surface area contributed by atoms with E-state index in [1.165, 1.54) is 24.3 Å². The first-order valence-corrected chi connectivity index (χ1v) is 12.7. The Balaban J connectivity index is 2.10. The fraction of sp³-hybridized carbons (Fsp3) is 0.235. The number of aromatic amines is 1. The van der Waals surface area contributed by atoms with Crippen LogP contribution in [-0.2, 0) is 26.0 Å². The van der Waals surface area contributed by atoms with Crippen LogP contribution < -0.4 is 32.8 Å². The lowest BCUT2D eigenvalue weighted by molar-refractivity contribution is -0.144. The van der Waals surface area contributed by atoms with Crippen LogP contribution in [0.1, 0.15) is 17.6 Å². The van der Waals surface area contributed by atoms with E-state index in [9.17, 15) is 30.0 Å². The number of H-pyrrole nitrogens is 1. The van der Waals surface area contributed by atoms with Crippen molar-refractivity contribution < 1.29 is 30.0 Å². The van der Waals surface area contributed by atoms with E-state index >= 15 is 0 Å². The normalized spacial score (nSPS) is 15.9. The molecule has 0 atom stereocenters. The highest BCUT2D eigenvalue weighted by molar-refractivity contribution is 7.93. The van der Waals surface area contributed by atoms with E-state index in [1.54, 1.807) is 0 Å². The SMILES string of the molecule is NCCS(=O)(=O)c1ccc(-c2cccc3[nH]c(C(F)(F)F)nc23)c(C2NNNN2)c1S(N)(=O)=O. The Hall–Kier alpha value is -2.64. The molecule has 0 unspecified atom stereocenters. The van der Waals surface area contributed by atoms with E-state index in [0.29, 0.717) is 0 Å². The van der Waals surface area contributed by atoms with Crippen molar-refractivity contribution in [2.24, 2.45) is 10.9 Å². The average Bonchev–Trinajstić information content (AvgIpc) is 3.41. The molecule has 2 heterocycles. The zero-order valence-corrected chi connectivity index (χ0v) is 18.7. The lowest BCUT2D eigenvalue weighted by atomic mass is 9.96. The van der Waals surface area contributed by atoms with E-state index in [0.717, 1.165) is 6.07 Å². The standard InChI is InChI=1S/C17H19F3N8O4S2/c18-17(19,20)16-23-10-3-1-2-9(13(10)24-16)8-4-5-11(33(29,30)7-6-21)14(34(22,31)32)12(8)15-25-27-28-26-15/h1-5,15,25-28H,6-7,21H2,(H,23,24)(H2,22,31,32). The number of nitrogens with one attached hydrogen (secondary N) is 5. The van der Waals surface area contributed by atoms with Crippen LogP contribution >= 0.6 is 0 Å². The summed E-state index contributed by atoms with van der Waals surface area (Å²) in [7, 11) is -8.85. The largest absolute Gasteiger partial charge is 0.449 e. The van der Waals surface area contributed by atoms with Crippen molar-refractivity contribution in [3.63, 3.8) is 0 Å². The Labute approximate surface area is 191 Å². The Kier molecular flexibility index (Phi) is 6.15. The number of rotatable bonds is 6. The van der Waals surface area contributed by atoms with Crippen molar-refractivity contribution in [3.05, 3.63) is 41.7 Å². The van der Waals surface area contributed by atoms with Crippen LogP contribution in [0.2, 0.25) is 0 Å². The maximum atomic E-state index is 13.3. The highest BCUT2D eigenvalue weighted by Gasteiger charge is 2.37. The molecular formula is C17H19F3N8O4S2. The summed E-state index contributed by atoms with van der Waals surface area (Å²) in [6.45, 7) is -0.278. The minimum absolute atomic E-state index is 0.0383. The summed E-state index contributed by atoms with van der Waals surface area (Å²) in [5.41, 5.74) is 15.7. The summed E-state index contributed by atoms with van der Waals surface area (Å²) in [5.74, 6) is -1.80. The fourth-order valence-corrected chi connectivity index (χ4v) is 6.50. The Morgan fingerprint density at radius 2 is 1.68 bits per heavy atom. The van der Waals surface area contributed by atoms with Gasteiger partial charge in [0, 0.05) is 17.7 Å². The minimum Gasteiger partial charge on any atom is -0.334 e. The second-order valence-corrected chi connectivity index (χ2v) is 10.8. The van der Waals surface area contributed by atoms with Gasteiger partial charge >= 0.3 is 6.18 Å². The van der Waals surface area contributed by atoms with Gasteiger partial charge < -0.3 is 10.7 Å². The second-order valence-electron chi connectivity index (χ2n) is 7.26. The van der Waals surface area contributed by atoms with Crippen molar-refractivity contribution in [3.8, 4) is 11.1 Å². The third-order valence-corrected chi connectivity index (χ3v) is 7.94. The molecule has 1 aromatic heterocycles. The summed E-state index contributed by atoms with van der Waals surface area (Å²) < 4.78 is 90.8. The number of alkyl halides is 3. The molecular weight excluding hydrogens is 501 g/mol. The number of para-hydroxylation sites is 1. The van der Waals surface area contributed by atoms with Gasteiger partial charge in [-0.1, -0.05) is 18.2 Å².